The van der Waals surface area contributed by atoms with Crippen LogP contribution in [0.3, 0.4) is 0 Å². The van der Waals surface area contributed by atoms with Gasteiger partial charge < -0.3 is 0 Å². The molecule has 11 rings (SSSR count). The van der Waals surface area contributed by atoms with Crippen LogP contribution < -0.4 is 0 Å². The van der Waals surface area contributed by atoms with E-state index < -0.39 is 0 Å². The molecule has 0 aliphatic heterocycles. The monoisotopic (exact) mass is 710 g/mol. The molecule has 2 heteroatoms. The van der Waals surface area contributed by atoms with Crippen molar-refractivity contribution in [3.05, 3.63) is 173 Å². The molecule has 0 saturated heterocycles. The minimum absolute atomic E-state index is 1.05. The molecular formula is C51H34S2. The Hall–Kier alpha value is -5.80. The topological polar surface area (TPSA) is 0 Å². The fourth-order valence-electron chi connectivity index (χ4n) is 9.14. The van der Waals surface area contributed by atoms with E-state index in [-0.39, 0.29) is 0 Å². The Kier molecular flexibility index (Phi) is 7.05. The van der Waals surface area contributed by atoms with Crippen molar-refractivity contribution in [1.82, 2.24) is 0 Å². The molecule has 10 aromatic rings. The second-order valence-corrected chi connectivity index (χ2v) is 16.1. The lowest BCUT2D eigenvalue weighted by Gasteiger charge is -2.24. The van der Waals surface area contributed by atoms with Gasteiger partial charge in [0.25, 0.3) is 0 Å². The van der Waals surface area contributed by atoms with E-state index in [2.05, 4.69) is 169 Å². The third-order valence-electron chi connectivity index (χ3n) is 11.4. The smallest absolute Gasteiger partial charge is 0.0361 e. The molecule has 0 radical (unpaired) electrons. The van der Waals surface area contributed by atoms with Crippen LogP contribution in [0.25, 0.3) is 103 Å². The number of benzene rings is 8. The molecule has 0 bridgehead atoms. The van der Waals surface area contributed by atoms with E-state index in [4.69, 9.17) is 0 Å². The SMILES string of the molecule is Cc1cscc1-c1c2c(c(-c3cccc4sc5cc(-c6c7ccccc7c(-c7ccccc7)c7ccccc67)ccc5c34)c3ccccc13)CCC=C2. The van der Waals surface area contributed by atoms with Crippen molar-refractivity contribution in [2.75, 3.05) is 0 Å². The van der Waals surface area contributed by atoms with E-state index in [0.717, 1.165) is 12.8 Å². The lowest BCUT2D eigenvalue weighted by atomic mass is 9.79. The number of allylic oxidation sites excluding steroid dienone is 1. The quantitative estimate of drug-likeness (QED) is 0.160. The molecule has 0 amide bonds. The highest BCUT2D eigenvalue weighted by Crippen LogP contribution is 2.50. The van der Waals surface area contributed by atoms with Crippen molar-refractivity contribution >= 4 is 81.2 Å². The summed E-state index contributed by atoms with van der Waals surface area (Å²) in [5, 5.41) is 15.2. The minimum Gasteiger partial charge on any atom is -0.151 e. The Balaban J connectivity index is 1.17. The van der Waals surface area contributed by atoms with Crippen LogP contribution in [0.2, 0.25) is 0 Å². The van der Waals surface area contributed by atoms with Crippen LogP contribution in [0.4, 0.5) is 0 Å². The Morgan fingerprint density at radius 3 is 1.75 bits per heavy atom. The van der Waals surface area contributed by atoms with Gasteiger partial charge in [-0.2, -0.15) is 11.3 Å². The van der Waals surface area contributed by atoms with Crippen LogP contribution in [0, 0.1) is 6.92 Å². The summed E-state index contributed by atoms with van der Waals surface area (Å²) in [6.45, 7) is 2.25. The van der Waals surface area contributed by atoms with E-state index >= 15 is 0 Å². The molecule has 250 valence electrons. The Morgan fingerprint density at radius 1 is 0.472 bits per heavy atom. The molecular weight excluding hydrogens is 677 g/mol. The molecule has 53 heavy (non-hydrogen) atoms. The highest BCUT2D eigenvalue weighted by molar-refractivity contribution is 7.26. The molecule has 0 saturated carbocycles. The fourth-order valence-corrected chi connectivity index (χ4v) is 11.2. The second kappa shape index (κ2) is 12.1. The van der Waals surface area contributed by atoms with Gasteiger partial charge in [-0.1, -0.05) is 140 Å². The van der Waals surface area contributed by atoms with E-state index in [9.17, 15) is 0 Å². The van der Waals surface area contributed by atoms with Gasteiger partial charge in [0, 0.05) is 20.2 Å². The fraction of sp³-hybridized carbons (Fsp3) is 0.0588. The normalized spacial score (nSPS) is 12.8. The van der Waals surface area contributed by atoms with Crippen LogP contribution in [-0.4, -0.2) is 0 Å². The summed E-state index contributed by atoms with van der Waals surface area (Å²) in [4.78, 5) is 0. The summed E-state index contributed by atoms with van der Waals surface area (Å²) in [5.74, 6) is 0. The van der Waals surface area contributed by atoms with E-state index in [1.54, 1.807) is 11.3 Å². The molecule has 0 nitrogen and oxygen atoms in total. The van der Waals surface area contributed by atoms with E-state index in [1.807, 2.05) is 11.3 Å². The first-order valence-electron chi connectivity index (χ1n) is 18.5. The first-order chi connectivity index (χ1) is 26.2. The molecule has 0 unspecified atom stereocenters. The molecule has 1 aliphatic rings. The van der Waals surface area contributed by atoms with Gasteiger partial charge in [0.1, 0.15) is 0 Å². The molecule has 2 heterocycles. The summed E-state index contributed by atoms with van der Waals surface area (Å²) in [5.41, 5.74) is 14.9. The maximum Gasteiger partial charge on any atom is 0.0361 e. The van der Waals surface area contributed by atoms with Crippen molar-refractivity contribution in [1.29, 1.82) is 0 Å². The average Bonchev–Trinajstić information content (AvgIpc) is 3.81. The predicted molar refractivity (Wildman–Crippen MR) is 234 cm³/mol. The maximum atomic E-state index is 2.46. The van der Waals surface area contributed by atoms with Crippen LogP contribution in [0.1, 0.15) is 23.1 Å². The van der Waals surface area contributed by atoms with Crippen molar-refractivity contribution < 1.29 is 0 Å². The van der Waals surface area contributed by atoms with Crippen molar-refractivity contribution in [2.45, 2.75) is 19.8 Å². The zero-order chi connectivity index (χ0) is 35.0. The van der Waals surface area contributed by atoms with Gasteiger partial charge in [-0.3, -0.25) is 0 Å². The number of aryl methyl sites for hydroxylation is 1. The highest BCUT2D eigenvalue weighted by atomic mass is 32.1. The van der Waals surface area contributed by atoms with Crippen molar-refractivity contribution in [2.24, 2.45) is 0 Å². The van der Waals surface area contributed by atoms with Gasteiger partial charge >= 0.3 is 0 Å². The van der Waals surface area contributed by atoms with Gasteiger partial charge in [-0.15, -0.1) is 11.3 Å². The molecule has 0 fully saturated rings. The third kappa shape index (κ3) is 4.66. The van der Waals surface area contributed by atoms with Crippen LogP contribution in [0.5, 0.6) is 0 Å². The van der Waals surface area contributed by atoms with Crippen molar-refractivity contribution in [3.63, 3.8) is 0 Å². The first kappa shape index (κ1) is 30.8. The van der Waals surface area contributed by atoms with Gasteiger partial charge in [-0.05, 0) is 136 Å². The lowest BCUT2D eigenvalue weighted by Crippen LogP contribution is -2.02. The standard InChI is InChI=1S/C51H34S2/c1-31-29-52-30-44(31)50-40-22-11-9-20-38(40)49(39-21-10-12-23-41(39)50)43-24-13-25-45-51(43)42-27-26-33(28-46(42)53-45)48-36-18-7-5-16-34(36)47(32-14-3-2-4-15-32)35-17-6-8-19-37(35)48/h2-9,11-20,22-30H,10,21H2,1H3. The number of fused-ring (bicyclic) bond motifs is 7. The van der Waals surface area contributed by atoms with Crippen LogP contribution >= 0.6 is 22.7 Å². The van der Waals surface area contributed by atoms with Crippen LogP contribution in [0.15, 0.2) is 156 Å². The Labute approximate surface area is 316 Å². The van der Waals surface area contributed by atoms with Crippen molar-refractivity contribution in [3.8, 4) is 44.5 Å². The van der Waals surface area contributed by atoms with E-state index in [1.165, 1.54) is 114 Å². The molecule has 2 aromatic heterocycles. The maximum absolute atomic E-state index is 2.46. The summed E-state index contributed by atoms with van der Waals surface area (Å²) in [7, 11) is 0. The highest BCUT2D eigenvalue weighted by Gasteiger charge is 2.25. The van der Waals surface area contributed by atoms with Gasteiger partial charge in [0.2, 0.25) is 0 Å². The number of hydrogen-bond donors (Lipinski definition) is 0. The minimum atomic E-state index is 1.05. The number of thiophene rings is 2. The summed E-state index contributed by atoms with van der Waals surface area (Å²) in [6, 6.07) is 52.1. The predicted octanol–water partition coefficient (Wildman–Crippen LogP) is 15.5. The number of rotatable bonds is 4. The van der Waals surface area contributed by atoms with Gasteiger partial charge in [0.05, 0.1) is 0 Å². The summed E-state index contributed by atoms with van der Waals surface area (Å²) in [6.07, 6.45) is 6.88. The zero-order valence-electron chi connectivity index (χ0n) is 29.3. The van der Waals surface area contributed by atoms with Crippen LogP contribution in [-0.2, 0) is 6.42 Å². The Bertz CT molecular complexity index is 3060. The molecule has 8 aromatic carbocycles. The lowest BCUT2D eigenvalue weighted by molar-refractivity contribution is 0.992. The Morgan fingerprint density at radius 2 is 1.09 bits per heavy atom. The summed E-state index contributed by atoms with van der Waals surface area (Å²) < 4.78 is 2.67. The molecule has 0 N–H and O–H groups in total. The number of hydrogen-bond acceptors (Lipinski definition) is 2. The third-order valence-corrected chi connectivity index (χ3v) is 13.4. The zero-order valence-corrected chi connectivity index (χ0v) is 31.0. The first-order valence-corrected chi connectivity index (χ1v) is 20.2. The molecule has 0 atom stereocenters. The molecule has 1 aliphatic carbocycles. The second-order valence-electron chi connectivity index (χ2n) is 14.3. The van der Waals surface area contributed by atoms with Gasteiger partial charge in [0.15, 0.2) is 0 Å². The largest absolute Gasteiger partial charge is 0.151 e. The molecule has 0 spiro atoms. The van der Waals surface area contributed by atoms with Gasteiger partial charge in [-0.25, -0.2) is 0 Å². The van der Waals surface area contributed by atoms with E-state index in [0.29, 0.717) is 0 Å². The average molecular weight is 711 g/mol. The summed E-state index contributed by atoms with van der Waals surface area (Å²) >= 11 is 3.73.